The van der Waals surface area contributed by atoms with Crippen molar-refractivity contribution in [3.63, 3.8) is 0 Å². The van der Waals surface area contributed by atoms with E-state index in [2.05, 4.69) is 5.32 Å². The molecule has 3 heteroatoms. The molecule has 1 amide bonds. The van der Waals surface area contributed by atoms with Gasteiger partial charge in [0, 0.05) is 22.3 Å². The monoisotopic (exact) mass is 333 g/mol. The van der Waals surface area contributed by atoms with Crippen molar-refractivity contribution in [2.24, 2.45) is 0 Å². The Morgan fingerprint density at radius 3 is 2.29 bits per heavy atom. The SMILES string of the molecule is O=C(/C=C/c1ccccc1Cl)Nc1ccccc1-c1ccccc1. The lowest BCUT2D eigenvalue weighted by Crippen LogP contribution is -2.08. The number of nitrogens with one attached hydrogen (secondary N) is 1. The molecule has 0 radical (unpaired) electrons. The second kappa shape index (κ2) is 7.62. The summed E-state index contributed by atoms with van der Waals surface area (Å²) >= 11 is 6.09. The van der Waals surface area contributed by atoms with E-state index < -0.39 is 0 Å². The van der Waals surface area contributed by atoms with Crippen LogP contribution in [0.1, 0.15) is 5.56 Å². The van der Waals surface area contributed by atoms with Gasteiger partial charge in [-0.1, -0.05) is 78.3 Å². The van der Waals surface area contributed by atoms with Crippen LogP contribution in [0.3, 0.4) is 0 Å². The van der Waals surface area contributed by atoms with Crippen molar-refractivity contribution in [3.8, 4) is 11.1 Å². The summed E-state index contributed by atoms with van der Waals surface area (Å²) in [5.74, 6) is -0.196. The van der Waals surface area contributed by atoms with E-state index in [1.54, 1.807) is 12.1 Å². The highest BCUT2D eigenvalue weighted by molar-refractivity contribution is 6.32. The summed E-state index contributed by atoms with van der Waals surface area (Å²) < 4.78 is 0. The molecule has 3 aromatic rings. The number of hydrogen-bond acceptors (Lipinski definition) is 1. The molecule has 0 aliphatic heterocycles. The third-order valence-electron chi connectivity index (χ3n) is 3.59. The fourth-order valence-electron chi connectivity index (χ4n) is 2.41. The van der Waals surface area contributed by atoms with Crippen LogP contribution in [-0.4, -0.2) is 5.91 Å². The summed E-state index contributed by atoms with van der Waals surface area (Å²) in [6.45, 7) is 0. The minimum atomic E-state index is -0.196. The van der Waals surface area contributed by atoms with Crippen LogP contribution >= 0.6 is 11.6 Å². The molecular weight excluding hydrogens is 318 g/mol. The predicted molar refractivity (Wildman–Crippen MR) is 101 cm³/mol. The average Bonchev–Trinajstić information content (AvgIpc) is 2.62. The summed E-state index contributed by atoms with van der Waals surface area (Å²) in [4.78, 5) is 12.2. The second-order valence-electron chi connectivity index (χ2n) is 5.26. The summed E-state index contributed by atoms with van der Waals surface area (Å²) in [6.07, 6.45) is 3.20. The van der Waals surface area contributed by atoms with Crippen molar-refractivity contribution in [1.82, 2.24) is 0 Å². The van der Waals surface area contributed by atoms with Crippen LogP contribution in [0.25, 0.3) is 17.2 Å². The first-order valence-corrected chi connectivity index (χ1v) is 8.00. The second-order valence-corrected chi connectivity index (χ2v) is 5.66. The van der Waals surface area contributed by atoms with Crippen molar-refractivity contribution in [2.75, 3.05) is 5.32 Å². The van der Waals surface area contributed by atoms with Gasteiger partial charge in [0.15, 0.2) is 0 Å². The maximum atomic E-state index is 12.2. The Labute approximate surface area is 146 Å². The number of carbonyl (C=O) groups excluding carboxylic acids is 1. The van der Waals surface area contributed by atoms with Crippen LogP contribution in [0.5, 0.6) is 0 Å². The van der Waals surface area contributed by atoms with Crippen LogP contribution in [0.2, 0.25) is 5.02 Å². The number of carbonyl (C=O) groups is 1. The molecule has 0 saturated carbocycles. The molecule has 0 bridgehead atoms. The molecule has 0 spiro atoms. The van der Waals surface area contributed by atoms with E-state index >= 15 is 0 Å². The lowest BCUT2D eigenvalue weighted by Gasteiger charge is -2.10. The van der Waals surface area contributed by atoms with Gasteiger partial charge in [-0.3, -0.25) is 4.79 Å². The van der Waals surface area contributed by atoms with Gasteiger partial charge in [0.2, 0.25) is 5.91 Å². The van der Waals surface area contributed by atoms with Crippen molar-refractivity contribution in [2.45, 2.75) is 0 Å². The molecule has 0 aromatic heterocycles. The van der Waals surface area contributed by atoms with Gasteiger partial charge in [0.1, 0.15) is 0 Å². The van der Waals surface area contributed by atoms with E-state index in [1.807, 2.05) is 72.8 Å². The van der Waals surface area contributed by atoms with Crippen LogP contribution < -0.4 is 5.32 Å². The number of benzene rings is 3. The normalized spacial score (nSPS) is 10.7. The minimum Gasteiger partial charge on any atom is -0.322 e. The molecule has 0 atom stereocenters. The first-order valence-electron chi connectivity index (χ1n) is 7.62. The minimum absolute atomic E-state index is 0.196. The van der Waals surface area contributed by atoms with Gasteiger partial charge in [0.05, 0.1) is 0 Å². The topological polar surface area (TPSA) is 29.1 Å². The number of para-hydroxylation sites is 1. The quantitative estimate of drug-likeness (QED) is 0.613. The van der Waals surface area contributed by atoms with E-state index in [4.69, 9.17) is 11.6 Å². The molecule has 0 aliphatic carbocycles. The van der Waals surface area contributed by atoms with Gasteiger partial charge in [-0.05, 0) is 29.3 Å². The summed E-state index contributed by atoms with van der Waals surface area (Å²) in [5.41, 5.74) is 3.63. The Balaban J connectivity index is 1.80. The van der Waals surface area contributed by atoms with E-state index in [0.717, 1.165) is 22.4 Å². The maximum Gasteiger partial charge on any atom is 0.248 e. The highest BCUT2D eigenvalue weighted by atomic mass is 35.5. The summed E-state index contributed by atoms with van der Waals surface area (Å²) in [5, 5.41) is 3.55. The first kappa shape index (κ1) is 16.0. The predicted octanol–water partition coefficient (Wildman–Crippen LogP) is 5.66. The van der Waals surface area contributed by atoms with Crippen LogP contribution in [-0.2, 0) is 4.79 Å². The lowest BCUT2D eigenvalue weighted by atomic mass is 10.0. The van der Waals surface area contributed by atoms with Crippen molar-refractivity contribution in [1.29, 1.82) is 0 Å². The van der Waals surface area contributed by atoms with E-state index in [-0.39, 0.29) is 5.91 Å². The van der Waals surface area contributed by atoms with Gasteiger partial charge in [-0.15, -0.1) is 0 Å². The van der Waals surface area contributed by atoms with Crippen LogP contribution in [0.4, 0.5) is 5.69 Å². The molecule has 0 heterocycles. The average molecular weight is 334 g/mol. The largest absolute Gasteiger partial charge is 0.322 e. The Morgan fingerprint density at radius 1 is 0.833 bits per heavy atom. The highest BCUT2D eigenvalue weighted by Crippen LogP contribution is 2.27. The fourth-order valence-corrected chi connectivity index (χ4v) is 2.61. The molecule has 0 saturated heterocycles. The maximum absolute atomic E-state index is 12.2. The summed E-state index contributed by atoms with van der Waals surface area (Å²) in [6, 6.07) is 25.1. The molecule has 0 fully saturated rings. The third kappa shape index (κ3) is 3.92. The van der Waals surface area contributed by atoms with Crippen molar-refractivity contribution in [3.05, 3.63) is 95.5 Å². The molecule has 3 rings (SSSR count). The Morgan fingerprint density at radius 2 is 1.50 bits per heavy atom. The molecule has 24 heavy (non-hydrogen) atoms. The highest BCUT2D eigenvalue weighted by Gasteiger charge is 2.06. The first-order chi connectivity index (χ1) is 11.7. The van der Waals surface area contributed by atoms with Crippen LogP contribution in [0, 0.1) is 0 Å². The Kier molecular flexibility index (Phi) is 5.09. The number of amides is 1. The zero-order valence-electron chi connectivity index (χ0n) is 12.9. The van der Waals surface area contributed by atoms with Crippen molar-refractivity contribution < 1.29 is 4.79 Å². The lowest BCUT2D eigenvalue weighted by molar-refractivity contribution is -0.111. The summed E-state index contributed by atoms with van der Waals surface area (Å²) in [7, 11) is 0. The third-order valence-corrected chi connectivity index (χ3v) is 3.93. The Bertz CT molecular complexity index is 872. The molecule has 118 valence electrons. The number of anilines is 1. The molecule has 0 unspecified atom stereocenters. The van der Waals surface area contributed by atoms with E-state index in [0.29, 0.717) is 5.02 Å². The van der Waals surface area contributed by atoms with E-state index in [9.17, 15) is 4.79 Å². The number of rotatable bonds is 4. The zero-order valence-corrected chi connectivity index (χ0v) is 13.7. The molecular formula is C21H16ClNO. The Hall–Kier alpha value is -2.84. The van der Waals surface area contributed by atoms with E-state index in [1.165, 1.54) is 6.08 Å². The zero-order chi connectivity index (χ0) is 16.8. The van der Waals surface area contributed by atoms with Crippen LogP contribution in [0.15, 0.2) is 84.9 Å². The molecule has 2 nitrogen and oxygen atoms in total. The van der Waals surface area contributed by atoms with Gasteiger partial charge in [-0.25, -0.2) is 0 Å². The number of halogens is 1. The standard InChI is InChI=1S/C21H16ClNO/c22-19-12-6-4-10-17(19)14-15-21(24)23-20-13-7-5-11-18(20)16-8-2-1-3-9-16/h1-15H,(H,23,24)/b15-14+. The molecule has 1 N–H and O–H groups in total. The van der Waals surface area contributed by atoms with Gasteiger partial charge >= 0.3 is 0 Å². The smallest absolute Gasteiger partial charge is 0.248 e. The van der Waals surface area contributed by atoms with Gasteiger partial charge in [0.25, 0.3) is 0 Å². The number of hydrogen-bond donors (Lipinski definition) is 1. The van der Waals surface area contributed by atoms with Crippen molar-refractivity contribution >= 4 is 29.3 Å². The molecule has 3 aromatic carbocycles. The fraction of sp³-hybridized carbons (Fsp3) is 0. The van der Waals surface area contributed by atoms with Gasteiger partial charge in [-0.2, -0.15) is 0 Å². The molecule has 0 aliphatic rings. The van der Waals surface area contributed by atoms with Gasteiger partial charge < -0.3 is 5.32 Å².